The number of carbonyl (C=O) groups is 1. The maximum Gasteiger partial charge on any atom is 0.236 e. The van der Waals surface area contributed by atoms with E-state index in [2.05, 4.69) is 29.2 Å². The molecule has 1 atom stereocenters. The van der Waals surface area contributed by atoms with E-state index in [9.17, 15) is 9.18 Å². The Morgan fingerprint density at radius 3 is 2.70 bits per heavy atom. The third-order valence-corrected chi connectivity index (χ3v) is 5.21. The van der Waals surface area contributed by atoms with E-state index in [0.29, 0.717) is 19.1 Å². The van der Waals surface area contributed by atoms with Gasteiger partial charge in [0.1, 0.15) is 0 Å². The Bertz CT molecular complexity index is 766. The number of ether oxygens (including phenoxy) is 1. The number of likely N-dealkylation sites (tertiary alicyclic amines) is 1. The summed E-state index contributed by atoms with van der Waals surface area (Å²) in [7, 11) is 3.21. The Morgan fingerprint density at radius 1 is 1.22 bits per heavy atom. The van der Waals surface area contributed by atoms with Gasteiger partial charge in [-0.05, 0) is 49.1 Å². The van der Waals surface area contributed by atoms with Gasteiger partial charge >= 0.3 is 0 Å². The number of hydrogen-bond acceptors (Lipinski definition) is 3. The van der Waals surface area contributed by atoms with Crippen LogP contribution < -0.4 is 4.74 Å². The van der Waals surface area contributed by atoms with Crippen molar-refractivity contribution in [2.45, 2.75) is 31.8 Å². The minimum absolute atomic E-state index is 0.0613. The van der Waals surface area contributed by atoms with Gasteiger partial charge in [-0.1, -0.05) is 36.4 Å². The van der Waals surface area contributed by atoms with Crippen molar-refractivity contribution >= 4 is 5.91 Å². The lowest BCUT2D eigenvalue weighted by atomic mass is 10.0. The first kappa shape index (κ1) is 19.4. The lowest BCUT2D eigenvalue weighted by Crippen LogP contribution is -2.41. The van der Waals surface area contributed by atoms with Gasteiger partial charge in [-0.25, -0.2) is 4.39 Å². The van der Waals surface area contributed by atoms with Gasteiger partial charge in [0.05, 0.1) is 13.7 Å². The number of rotatable bonds is 7. The molecule has 0 bridgehead atoms. The average molecular weight is 370 g/mol. The van der Waals surface area contributed by atoms with Crippen LogP contribution >= 0.6 is 0 Å². The third kappa shape index (κ3) is 5.07. The summed E-state index contributed by atoms with van der Waals surface area (Å²) in [4.78, 5) is 16.6. The first-order valence-electron chi connectivity index (χ1n) is 9.41. The van der Waals surface area contributed by atoms with Crippen molar-refractivity contribution in [1.82, 2.24) is 9.80 Å². The molecule has 4 nitrogen and oxygen atoms in total. The zero-order chi connectivity index (χ0) is 19.2. The zero-order valence-electron chi connectivity index (χ0n) is 16.0. The van der Waals surface area contributed by atoms with Crippen LogP contribution in [-0.4, -0.2) is 49.0 Å². The van der Waals surface area contributed by atoms with Crippen LogP contribution in [0.4, 0.5) is 4.39 Å². The Morgan fingerprint density at radius 2 is 2.00 bits per heavy atom. The van der Waals surface area contributed by atoms with Crippen LogP contribution in [0.2, 0.25) is 0 Å². The summed E-state index contributed by atoms with van der Waals surface area (Å²) < 4.78 is 18.8. The number of halogens is 1. The van der Waals surface area contributed by atoms with E-state index >= 15 is 0 Å². The van der Waals surface area contributed by atoms with Crippen LogP contribution in [-0.2, 0) is 17.8 Å². The molecule has 1 heterocycles. The fraction of sp³-hybridized carbons (Fsp3) is 0.409. The number of hydrogen-bond donors (Lipinski definition) is 0. The van der Waals surface area contributed by atoms with Gasteiger partial charge in [0, 0.05) is 19.6 Å². The Hall–Kier alpha value is -2.40. The maximum atomic E-state index is 13.9. The smallest absolute Gasteiger partial charge is 0.236 e. The van der Waals surface area contributed by atoms with E-state index in [1.165, 1.54) is 18.7 Å². The van der Waals surface area contributed by atoms with Crippen molar-refractivity contribution in [2.75, 3.05) is 27.2 Å². The Kier molecular flexibility index (Phi) is 6.45. The lowest BCUT2D eigenvalue weighted by molar-refractivity contribution is -0.131. The largest absolute Gasteiger partial charge is 0.494 e. The lowest BCUT2D eigenvalue weighted by Gasteiger charge is -2.26. The summed E-state index contributed by atoms with van der Waals surface area (Å²) in [6.45, 7) is 1.75. The van der Waals surface area contributed by atoms with E-state index in [4.69, 9.17) is 4.74 Å². The van der Waals surface area contributed by atoms with Crippen molar-refractivity contribution in [3.63, 3.8) is 0 Å². The molecule has 27 heavy (non-hydrogen) atoms. The fourth-order valence-corrected chi connectivity index (χ4v) is 3.69. The number of amides is 1. The molecule has 0 spiro atoms. The van der Waals surface area contributed by atoms with E-state index in [0.717, 1.165) is 31.4 Å². The van der Waals surface area contributed by atoms with Crippen molar-refractivity contribution in [1.29, 1.82) is 0 Å². The summed E-state index contributed by atoms with van der Waals surface area (Å²) in [5.41, 5.74) is 2.07. The van der Waals surface area contributed by atoms with E-state index in [1.54, 1.807) is 24.1 Å². The molecule has 0 aromatic heterocycles. The molecule has 5 heteroatoms. The van der Waals surface area contributed by atoms with Crippen LogP contribution in [0.25, 0.3) is 0 Å². The highest BCUT2D eigenvalue weighted by Gasteiger charge is 2.27. The van der Waals surface area contributed by atoms with Crippen LogP contribution in [0.3, 0.4) is 0 Å². The first-order valence-corrected chi connectivity index (χ1v) is 9.41. The number of benzene rings is 2. The molecule has 1 aliphatic heterocycles. The van der Waals surface area contributed by atoms with Crippen LogP contribution in [0, 0.1) is 5.82 Å². The van der Waals surface area contributed by atoms with Gasteiger partial charge in [-0.15, -0.1) is 0 Å². The molecule has 1 amide bonds. The number of likely N-dealkylation sites (N-methyl/N-ethyl adjacent to an activating group) is 1. The van der Waals surface area contributed by atoms with Crippen LogP contribution in [0.15, 0.2) is 48.5 Å². The van der Waals surface area contributed by atoms with E-state index in [-0.39, 0.29) is 11.7 Å². The highest BCUT2D eigenvalue weighted by atomic mass is 19.1. The first-order chi connectivity index (χ1) is 13.1. The summed E-state index contributed by atoms with van der Waals surface area (Å²) in [6, 6.07) is 15.6. The van der Waals surface area contributed by atoms with Crippen molar-refractivity contribution in [3.05, 3.63) is 65.5 Å². The summed E-state index contributed by atoms with van der Waals surface area (Å²) >= 11 is 0. The second kappa shape index (κ2) is 9.00. The molecule has 0 radical (unpaired) electrons. The molecule has 0 saturated carbocycles. The van der Waals surface area contributed by atoms with Crippen LogP contribution in [0.5, 0.6) is 5.75 Å². The zero-order valence-corrected chi connectivity index (χ0v) is 16.0. The Labute approximate surface area is 160 Å². The minimum atomic E-state index is -0.404. The fourth-order valence-electron chi connectivity index (χ4n) is 3.69. The van der Waals surface area contributed by atoms with Gasteiger partial charge in [-0.2, -0.15) is 0 Å². The topological polar surface area (TPSA) is 32.8 Å². The highest BCUT2D eigenvalue weighted by Crippen LogP contribution is 2.22. The normalized spacial score (nSPS) is 17.1. The molecule has 2 aromatic rings. The van der Waals surface area contributed by atoms with Gasteiger partial charge < -0.3 is 9.64 Å². The average Bonchev–Trinajstić information content (AvgIpc) is 3.09. The van der Waals surface area contributed by atoms with Gasteiger partial charge in [0.15, 0.2) is 11.6 Å². The molecule has 1 fully saturated rings. The molecule has 1 aliphatic rings. The molecule has 144 valence electrons. The predicted molar refractivity (Wildman–Crippen MR) is 104 cm³/mol. The number of nitrogens with zero attached hydrogens (tertiary/aromatic N) is 2. The molecule has 2 aromatic carbocycles. The summed E-state index contributed by atoms with van der Waals surface area (Å²) in [5.74, 6) is -0.127. The molecular weight excluding hydrogens is 343 g/mol. The molecule has 1 unspecified atom stereocenters. The van der Waals surface area contributed by atoms with E-state index in [1.807, 2.05) is 6.07 Å². The second-order valence-electron chi connectivity index (χ2n) is 7.17. The maximum absolute atomic E-state index is 13.9. The van der Waals surface area contributed by atoms with Gasteiger partial charge in [-0.3, -0.25) is 9.69 Å². The quantitative estimate of drug-likeness (QED) is 0.748. The second-order valence-corrected chi connectivity index (χ2v) is 7.17. The molecule has 3 rings (SSSR count). The molecular formula is C22H27FN2O2. The van der Waals surface area contributed by atoms with E-state index < -0.39 is 5.82 Å². The standard InChI is InChI=1S/C22H27FN2O2/c1-24(15-18-10-11-21(27-2)20(23)14-18)22(26)16-25-12-6-9-19(25)13-17-7-4-3-5-8-17/h3-5,7-8,10-11,14,19H,6,9,12-13,15-16H2,1-2H3. The monoisotopic (exact) mass is 370 g/mol. The van der Waals surface area contributed by atoms with Gasteiger partial charge in [0.2, 0.25) is 5.91 Å². The predicted octanol–water partition coefficient (Wildman–Crippen LogP) is 3.50. The van der Waals surface area contributed by atoms with Crippen LogP contribution in [0.1, 0.15) is 24.0 Å². The minimum Gasteiger partial charge on any atom is -0.494 e. The Balaban J connectivity index is 1.56. The van der Waals surface area contributed by atoms with Crippen molar-refractivity contribution in [3.8, 4) is 5.75 Å². The SMILES string of the molecule is COc1ccc(CN(C)C(=O)CN2CCCC2Cc2ccccc2)cc1F. The molecule has 1 saturated heterocycles. The summed E-state index contributed by atoms with van der Waals surface area (Å²) in [5, 5.41) is 0. The highest BCUT2D eigenvalue weighted by molar-refractivity contribution is 5.78. The number of methoxy groups -OCH3 is 1. The molecule has 0 aliphatic carbocycles. The molecule has 0 N–H and O–H groups in total. The van der Waals surface area contributed by atoms with Crippen molar-refractivity contribution < 1.29 is 13.9 Å². The summed E-state index contributed by atoms with van der Waals surface area (Å²) in [6.07, 6.45) is 3.22. The van der Waals surface area contributed by atoms with Crippen molar-refractivity contribution in [2.24, 2.45) is 0 Å². The third-order valence-electron chi connectivity index (χ3n) is 5.21. The number of carbonyl (C=O) groups excluding carboxylic acids is 1. The van der Waals surface area contributed by atoms with Gasteiger partial charge in [0.25, 0.3) is 0 Å².